The lowest BCUT2D eigenvalue weighted by molar-refractivity contribution is -0.109. The predicted molar refractivity (Wildman–Crippen MR) is 82.7 cm³/mol. The SMILES string of the molecule is CC(=O)SCCC(O)C(O)c1c(N)ccc2nccnc12. The van der Waals surface area contributed by atoms with Gasteiger partial charge >= 0.3 is 0 Å². The third-order valence-electron chi connectivity index (χ3n) is 3.09. The molecule has 0 spiro atoms. The van der Waals surface area contributed by atoms with E-state index in [1.165, 1.54) is 13.1 Å². The molecule has 0 radical (unpaired) electrons. The molecule has 0 aliphatic heterocycles. The first-order valence-electron chi connectivity index (χ1n) is 6.49. The molecule has 2 aromatic rings. The Kier molecular flexibility index (Phi) is 5.11. The van der Waals surface area contributed by atoms with Crippen molar-refractivity contribution in [3.05, 3.63) is 30.1 Å². The zero-order chi connectivity index (χ0) is 15.4. The second-order valence-corrected chi connectivity index (χ2v) is 5.91. The molecule has 0 aliphatic rings. The van der Waals surface area contributed by atoms with E-state index in [4.69, 9.17) is 5.73 Å². The first kappa shape index (κ1) is 15.7. The molecule has 7 heteroatoms. The molecular formula is C14H17N3O3S. The fourth-order valence-corrected chi connectivity index (χ4v) is 2.70. The number of carbonyl (C=O) groups is 1. The fraction of sp³-hybridized carbons (Fsp3) is 0.357. The first-order valence-corrected chi connectivity index (χ1v) is 7.48. The van der Waals surface area contributed by atoms with E-state index >= 15 is 0 Å². The van der Waals surface area contributed by atoms with E-state index in [1.54, 1.807) is 18.3 Å². The standard InChI is InChI=1S/C14H17N3O3S/c1-8(18)21-7-4-11(19)14(20)12-9(15)2-3-10-13(12)17-6-5-16-10/h2-3,5-6,11,14,19-20H,4,7,15H2,1H3. The Hall–Kier alpha value is -1.70. The lowest BCUT2D eigenvalue weighted by atomic mass is 9.99. The fourth-order valence-electron chi connectivity index (χ4n) is 2.06. The van der Waals surface area contributed by atoms with Gasteiger partial charge in [-0.3, -0.25) is 14.8 Å². The van der Waals surface area contributed by atoms with Gasteiger partial charge in [0, 0.05) is 36.3 Å². The highest BCUT2D eigenvalue weighted by atomic mass is 32.2. The smallest absolute Gasteiger partial charge is 0.185 e. The number of hydrogen-bond donors (Lipinski definition) is 3. The number of anilines is 1. The van der Waals surface area contributed by atoms with Crippen LogP contribution in [0, 0.1) is 0 Å². The van der Waals surface area contributed by atoms with Crippen molar-refractivity contribution < 1.29 is 15.0 Å². The van der Waals surface area contributed by atoms with Gasteiger partial charge in [-0.2, -0.15) is 0 Å². The number of thioether (sulfide) groups is 1. The quantitative estimate of drug-likeness (QED) is 0.714. The minimum absolute atomic E-state index is 0.0211. The number of rotatable bonds is 5. The number of aliphatic hydroxyl groups excluding tert-OH is 2. The van der Waals surface area contributed by atoms with Crippen LogP contribution in [0.4, 0.5) is 5.69 Å². The zero-order valence-corrected chi connectivity index (χ0v) is 12.4. The normalized spacial score (nSPS) is 14.0. The molecule has 1 aromatic heterocycles. The summed E-state index contributed by atoms with van der Waals surface area (Å²) < 4.78 is 0. The number of nitrogen functional groups attached to an aromatic ring is 1. The van der Waals surface area contributed by atoms with Crippen LogP contribution in [0.2, 0.25) is 0 Å². The molecule has 0 bridgehead atoms. The van der Waals surface area contributed by atoms with Crippen LogP contribution in [-0.4, -0.2) is 37.2 Å². The third-order valence-corrected chi connectivity index (χ3v) is 3.94. The molecule has 1 heterocycles. The van der Waals surface area contributed by atoms with Crippen molar-refractivity contribution in [3.8, 4) is 0 Å². The minimum Gasteiger partial charge on any atom is -0.398 e. The van der Waals surface area contributed by atoms with Crippen LogP contribution in [0.25, 0.3) is 11.0 Å². The number of benzene rings is 1. The Balaban J connectivity index is 2.24. The number of aromatic nitrogens is 2. The van der Waals surface area contributed by atoms with Crippen molar-refractivity contribution in [2.24, 2.45) is 0 Å². The maximum absolute atomic E-state index is 10.9. The summed E-state index contributed by atoms with van der Waals surface area (Å²) in [6.45, 7) is 1.46. The third kappa shape index (κ3) is 3.69. The topological polar surface area (TPSA) is 109 Å². The molecule has 21 heavy (non-hydrogen) atoms. The molecule has 0 amide bonds. The van der Waals surface area contributed by atoms with Crippen LogP contribution in [-0.2, 0) is 4.79 Å². The molecule has 6 nitrogen and oxygen atoms in total. The molecular weight excluding hydrogens is 290 g/mol. The monoisotopic (exact) mass is 307 g/mol. The Labute approximate surface area is 126 Å². The molecule has 112 valence electrons. The predicted octanol–water partition coefficient (Wildman–Crippen LogP) is 1.28. The second kappa shape index (κ2) is 6.84. The highest BCUT2D eigenvalue weighted by Gasteiger charge is 2.23. The number of carbonyl (C=O) groups excluding carboxylic acids is 1. The van der Waals surface area contributed by atoms with Gasteiger partial charge in [0.05, 0.1) is 17.1 Å². The maximum Gasteiger partial charge on any atom is 0.185 e. The van der Waals surface area contributed by atoms with Crippen molar-refractivity contribution in [1.29, 1.82) is 0 Å². The summed E-state index contributed by atoms with van der Waals surface area (Å²) in [5.41, 5.74) is 7.71. The number of fused-ring (bicyclic) bond motifs is 1. The van der Waals surface area contributed by atoms with E-state index in [0.717, 1.165) is 11.8 Å². The number of nitrogens with two attached hydrogens (primary N) is 1. The molecule has 0 fully saturated rings. The zero-order valence-electron chi connectivity index (χ0n) is 11.6. The maximum atomic E-state index is 10.9. The Bertz CT molecular complexity index is 650. The lowest BCUT2D eigenvalue weighted by Crippen LogP contribution is -2.21. The van der Waals surface area contributed by atoms with Gasteiger partial charge in [-0.05, 0) is 18.6 Å². The molecule has 4 N–H and O–H groups in total. The summed E-state index contributed by atoms with van der Waals surface area (Å²) in [6.07, 6.45) is 1.15. The summed E-state index contributed by atoms with van der Waals surface area (Å²) in [6, 6.07) is 3.35. The van der Waals surface area contributed by atoms with Crippen LogP contribution in [0.3, 0.4) is 0 Å². The van der Waals surface area contributed by atoms with E-state index in [2.05, 4.69) is 9.97 Å². The molecule has 2 atom stereocenters. The number of hydrogen-bond acceptors (Lipinski definition) is 7. The summed E-state index contributed by atoms with van der Waals surface area (Å²) in [4.78, 5) is 19.2. The highest BCUT2D eigenvalue weighted by Crippen LogP contribution is 2.30. The van der Waals surface area contributed by atoms with Gasteiger partial charge in [-0.25, -0.2) is 0 Å². The summed E-state index contributed by atoms with van der Waals surface area (Å²) >= 11 is 1.11. The minimum atomic E-state index is -1.17. The summed E-state index contributed by atoms with van der Waals surface area (Å²) in [5, 5.41) is 20.4. The van der Waals surface area contributed by atoms with Crippen molar-refractivity contribution >= 4 is 33.6 Å². The lowest BCUT2D eigenvalue weighted by Gasteiger charge is -2.20. The van der Waals surface area contributed by atoms with E-state index in [-0.39, 0.29) is 11.5 Å². The van der Waals surface area contributed by atoms with Crippen molar-refractivity contribution in [1.82, 2.24) is 9.97 Å². The van der Waals surface area contributed by atoms with Crippen LogP contribution in [0.1, 0.15) is 25.0 Å². The second-order valence-electron chi connectivity index (χ2n) is 4.63. The van der Waals surface area contributed by atoms with Crippen LogP contribution in [0.15, 0.2) is 24.5 Å². The molecule has 0 saturated heterocycles. The van der Waals surface area contributed by atoms with Crippen LogP contribution >= 0.6 is 11.8 Å². The van der Waals surface area contributed by atoms with E-state index < -0.39 is 12.2 Å². The average molecular weight is 307 g/mol. The van der Waals surface area contributed by atoms with Gasteiger partial charge in [0.25, 0.3) is 0 Å². The van der Waals surface area contributed by atoms with Crippen LogP contribution < -0.4 is 5.73 Å². The van der Waals surface area contributed by atoms with Gasteiger partial charge in [0.2, 0.25) is 0 Å². The molecule has 2 unspecified atom stereocenters. The largest absolute Gasteiger partial charge is 0.398 e. The van der Waals surface area contributed by atoms with Crippen molar-refractivity contribution in [3.63, 3.8) is 0 Å². The summed E-state index contributed by atoms with van der Waals surface area (Å²) in [5.74, 6) is 0.434. The van der Waals surface area contributed by atoms with Gasteiger partial charge in [0.1, 0.15) is 6.10 Å². The average Bonchev–Trinajstić information content (AvgIpc) is 2.46. The Morgan fingerprint density at radius 1 is 1.33 bits per heavy atom. The van der Waals surface area contributed by atoms with Gasteiger partial charge < -0.3 is 15.9 Å². The summed E-state index contributed by atoms with van der Waals surface area (Å²) in [7, 11) is 0. The number of aliphatic hydroxyl groups is 2. The molecule has 0 aliphatic carbocycles. The van der Waals surface area contributed by atoms with Crippen molar-refractivity contribution in [2.75, 3.05) is 11.5 Å². The first-order chi connectivity index (χ1) is 10.0. The van der Waals surface area contributed by atoms with E-state index in [1.807, 2.05) is 0 Å². The molecule has 1 aromatic carbocycles. The molecule has 2 rings (SSSR count). The van der Waals surface area contributed by atoms with Gasteiger partial charge in [-0.1, -0.05) is 11.8 Å². The van der Waals surface area contributed by atoms with E-state index in [0.29, 0.717) is 28.0 Å². The van der Waals surface area contributed by atoms with Crippen molar-refractivity contribution in [2.45, 2.75) is 25.6 Å². The van der Waals surface area contributed by atoms with E-state index in [9.17, 15) is 15.0 Å². The number of nitrogens with zero attached hydrogens (tertiary/aromatic N) is 2. The van der Waals surface area contributed by atoms with Gasteiger partial charge in [-0.15, -0.1) is 0 Å². The Morgan fingerprint density at radius 3 is 2.76 bits per heavy atom. The molecule has 0 saturated carbocycles. The van der Waals surface area contributed by atoms with Gasteiger partial charge in [0.15, 0.2) is 5.12 Å². The van der Waals surface area contributed by atoms with Crippen LogP contribution in [0.5, 0.6) is 0 Å². The highest BCUT2D eigenvalue weighted by molar-refractivity contribution is 8.13. The Morgan fingerprint density at radius 2 is 2.05 bits per heavy atom.